The molecule has 0 aliphatic rings. The molecule has 0 radical (unpaired) electrons. The maximum absolute atomic E-state index is 13.7. The minimum Gasteiger partial charge on any atom is -0.497 e. The Morgan fingerprint density at radius 2 is 1.57 bits per heavy atom. The van der Waals surface area contributed by atoms with E-state index in [1.54, 1.807) is 24.1 Å². The lowest BCUT2D eigenvalue weighted by molar-refractivity contribution is -0.141. The molecule has 0 unspecified atom stereocenters. The van der Waals surface area contributed by atoms with Crippen molar-refractivity contribution in [2.24, 2.45) is 0 Å². The molecular formula is C29H33ClN2O3. The van der Waals surface area contributed by atoms with Gasteiger partial charge in [0, 0.05) is 23.5 Å². The molecule has 1 N–H and O–H groups in total. The highest BCUT2D eigenvalue weighted by Gasteiger charge is 2.32. The summed E-state index contributed by atoms with van der Waals surface area (Å²) in [6, 6.07) is 23.9. The monoisotopic (exact) mass is 492 g/mol. The smallest absolute Gasteiger partial charge is 0.243 e. The number of halogens is 1. The lowest BCUT2D eigenvalue weighted by atomic mass is 10.00. The maximum atomic E-state index is 13.7. The molecule has 0 saturated carbocycles. The molecule has 6 heteroatoms. The van der Waals surface area contributed by atoms with E-state index >= 15 is 0 Å². The van der Waals surface area contributed by atoms with Gasteiger partial charge in [-0.2, -0.15) is 0 Å². The van der Waals surface area contributed by atoms with E-state index in [9.17, 15) is 9.59 Å². The second kappa shape index (κ2) is 11.9. The van der Waals surface area contributed by atoms with Gasteiger partial charge in [-0.25, -0.2) is 0 Å². The Bertz CT molecular complexity index is 1120. The fraction of sp³-hybridized carbons (Fsp3) is 0.310. The van der Waals surface area contributed by atoms with E-state index in [4.69, 9.17) is 16.3 Å². The largest absolute Gasteiger partial charge is 0.497 e. The predicted octanol–water partition coefficient (Wildman–Crippen LogP) is 5.45. The lowest BCUT2D eigenvalue weighted by Crippen LogP contribution is -2.54. The number of benzene rings is 3. The van der Waals surface area contributed by atoms with Gasteiger partial charge in [0.2, 0.25) is 11.8 Å². The zero-order valence-electron chi connectivity index (χ0n) is 20.8. The summed E-state index contributed by atoms with van der Waals surface area (Å²) in [5.74, 6) is 0.375. The Labute approximate surface area is 213 Å². The Kier molecular flexibility index (Phi) is 8.94. The normalized spacial score (nSPS) is 12.0. The highest BCUT2D eigenvalue weighted by atomic mass is 35.5. The molecule has 0 heterocycles. The molecule has 0 aliphatic heterocycles. The van der Waals surface area contributed by atoms with Crippen molar-refractivity contribution >= 4 is 23.4 Å². The summed E-state index contributed by atoms with van der Waals surface area (Å²) in [5, 5.41) is 3.69. The van der Waals surface area contributed by atoms with Crippen molar-refractivity contribution in [3.05, 3.63) is 101 Å². The van der Waals surface area contributed by atoms with Crippen molar-refractivity contribution in [2.75, 3.05) is 7.11 Å². The number of hydrogen-bond donors (Lipinski definition) is 1. The number of rotatable bonds is 9. The summed E-state index contributed by atoms with van der Waals surface area (Å²) in [7, 11) is 1.61. The molecule has 3 rings (SSSR count). The first-order chi connectivity index (χ1) is 16.6. The van der Waals surface area contributed by atoms with Crippen LogP contribution >= 0.6 is 11.6 Å². The first-order valence-corrected chi connectivity index (χ1v) is 12.1. The predicted molar refractivity (Wildman–Crippen MR) is 141 cm³/mol. The molecule has 0 aliphatic carbocycles. The highest BCUT2D eigenvalue weighted by molar-refractivity contribution is 6.30. The van der Waals surface area contributed by atoms with Gasteiger partial charge in [-0.05, 0) is 61.7 Å². The molecule has 1 atom stereocenters. The fourth-order valence-corrected chi connectivity index (χ4v) is 3.98. The molecule has 0 aromatic heterocycles. The lowest BCUT2D eigenvalue weighted by Gasteiger charge is -2.34. The number of nitrogens with one attached hydrogen (secondary N) is 1. The molecule has 0 bridgehead atoms. The van der Waals surface area contributed by atoms with Gasteiger partial charge in [0.25, 0.3) is 0 Å². The van der Waals surface area contributed by atoms with E-state index in [-0.39, 0.29) is 24.8 Å². The average Bonchev–Trinajstić information content (AvgIpc) is 2.82. The van der Waals surface area contributed by atoms with Crippen LogP contribution in [0, 0.1) is 0 Å². The van der Waals surface area contributed by atoms with E-state index < -0.39 is 11.6 Å². The summed E-state index contributed by atoms with van der Waals surface area (Å²) >= 11 is 6.03. The third kappa shape index (κ3) is 8.15. The van der Waals surface area contributed by atoms with Gasteiger partial charge in [0.15, 0.2) is 0 Å². The van der Waals surface area contributed by atoms with E-state index in [2.05, 4.69) is 5.32 Å². The van der Waals surface area contributed by atoms with Crippen molar-refractivity contribution in [1.29, 1.82) is 0 Å². The molecule has 5 nitrogen and oxygen atoms in total. The summed E-state index contributed by atoms with van der Waals surface area (Å²) in [4.78, 5) is 29.0. The zero-order chi connectivity index (χ0) is 25.4. The standard InChI is InChI=1S/C29H33ClN2O3/c1-29(2,3)31-28(34)26(18-21-9-6-5-7-10-21)32(20-23-11-8-12-25(17-23)35-4)27(33)19-22-13-15-24(30)16-14-22/h5-17,26H,18-20H2,1-4H3,(H,31,34)/t26-/m1/s1. The molecule has 0 spiro atoms. The van der Waals surface area contributed by atoms with Crippen LogP contribution in [0.5, 0.6) is 5.75 Å². The second-order valence-electron chi connectivity index (χ2n) is 9.62. The number of carbonyl (C=O) groups excluding carboxylic acids is 2. The minimum atomic E-state index is -0.692. The number of carbonyl (C=O) groups is 2. The molecule has 184 valence electrons. The summed E-state index contributed by atoms with van der Waals surface area (Å²) in [6.07, 6.45) is 0.564. The molecule has 35 heavy (non-hydrogen) atoms. The number of ether oxygens (including phenoxy) is 1. The minimum absolute atomic E-state index is 0.139. The third-order valence-corrected chi connectivity index (χ3v) is 5.78. The van der Waals surface area contributed by atoms with Crippen LogP contribution in [0.1, 0.15) is 37.5 Å². The number of methoxy groups -OCH3 is 1. The van der Waals surface area contributed by atoms with Crippen LogP contribution in [0.15, 0.2) is 78.9 Å². The number of hydrogen-bond acceptors (Lipinski definition) is 3. The van der Waals surface area contributed by atoms with Gasteiger partial charge < -0.3 is 15.0 Å². The molecular weight excluding hydrogens is 460 g/mol. The van der Waals surface area contributed by atoms with Crippen molar-refractivity contribution in [1.82, 2.24) is 10.2 Å². The van der Waals surface area contributed by atoms with Crippen LogP contribution in [0.25, 0.3) is 0 Å². The Hall–Kier alpha value is -3.31. The van der Waals surface area contributed by atoms with Gasteiger partial charge in [-0.1, -0.05) is 66.2 Å². The first-order valence-electron chi connectivity index (χ1n) is 11.7. The third-order valence-electron chi connectivity index (χ3n) is 5.52. The van der Waals surface area contributed by atoms with Crippen LogP contribution in [0.4, 0.5) is 0 Å². The Morgan fingerprint density at radius 3 is 2.20 bits per heavy atom. The summed E-state index contributed by atoms with van der Waals surface area (Å²) in [6.45, 7) is 6.09. The van der Waals surface area contributed by atoms with E-state index in [0.29, 0.717) is 17.2 Å². The van der Waals surface area contributed by atoms with Crippen LogP contribution in [-0.2, 0) is 29.0 Å². The highest BCUT2D eigenvalue weighted by Crippen LogP contribution is 2.20. The van der Waals surface area contributed by atoms with E-state index in [0.717, 1.165) is 16.7 Å². The van der Waals surface area contributed by atoms with Crippen molar-refractivity contribution in [3.8, 4) is 5.75 Å². The molecule has 0 saturated heterocycles. The molecule has 3 aromatic rings. The van der Waals surface area contributed by atoms with Crippen LogP contribution < -0.4 is 10.1 Å². The van der Waals surface area contributed by atoms with Gasteiger partial charge in [-0.3, -0.25) is 9.59 Å². The first kappa shape index (κ1) is 26.3. The quantitative estimate of drug-likeness (QED) is 0.432. The van der Waals surface area contributed by atoms with Crippen molar-refractivity contribution in [3.63, 3.8) is 0 Å². The van der Waals surface area contributed by atoms with Gasteiger partial charge in [-0.15, -0.1) is 0 Å². The van der Waals surface area contributed by atoms with Crippen LogP contribution in [0.2, 0.25) is 5.02 Å². The topological polar surface area (TPSA) is 58.6 Å². The number of nitrogens with zero attached hydrogens (tertiary/aromatic N) is 1. The summed E-state index contributed by atoms with van der Waals surface area (Å²) in [5.41, 5.74) is 2.27. The molecule has 3 aromatic carbocycles. The fourth-order valence-electron chi connectivity index (χ4n) is 3.85. The maximum Gasteiger partial charge on any atom is 0.243 e. The van der Waals surface area contributed by atoms with Gasteiger partial charge in [0.1, 0.15) is 11.8 Å². The Morgan fingerprint density at radius 1 is 0.914 bits per heavy atom. The number of amides is 2. The summed E-state index contributed by atoms with van der Waals surface area (Å²) < 4.78 is 5.38. The van der Waals surface area contributed by atoms with E-state index in [1.165, 1.54) is 0 Å². The Balaban J connectivity index is 1.99. The molecule has 2 amide bonds. The molecule has 0 fully saturated rings. The van der Waals surface area contributed by atoms with Crippen molar-refractivity contribution < 1.29 is 14.3 Å². The van der Waals surface area contributed by atoms with E-state index in [1.807, 2.05) is 87.5 Å². The van der Waals surface area contributed by atoms with Gasteiger partial charge in [0.05, 0.1) is 13.5 Å². The second-order valence-corrected chi connectivity index (χ2v) is 10.1. The SMILES string of the molecule is COc1cccc(CN(C(=O)Cc2ccc(Cl)cc2)[C@H](Cc2ccccc2)C(=O)NC(C)(C)C)c1. The van der Waals surface area contributed by atoms with Gasteiger partial charge >= 0.3 is 0 Å². The van der Waals surface area contributed by atoms with Crippen molar-refractivity contribution in [2.45, 2.75) is 51.7 Å². The average molecular weight is 493 g/mol. The van der Waals surface area contributed by atoms with Crippen LogP contribution in [-0.4, -0.2) is 35.4 Å². The van der Waals surface area contributed by atoms with Crippen LogP contribution in [0.3, 0.4) is 0 Å². The zero-order valence-corrected chi connectivity index (χ0v) is 21.5.